The van der Waals surface area contributed by atoms with Gasteiger partial charge in [0, 0.05) is 32.3 Å². The van der Waals surface area contributed by atoms with Gasteiger partial charge in [-0.15, -0.1) is 0 Å². The summed E-state index contributed by atoms with van der Waals surface area (Å²) in [5.41, 5.74) is 9.82. The van der Waals surface area contributed by atoms with Gasteiger partial charge in [0.25, 0.3) is 5.91 Å². The number of nitrogens with two attached hydrogens (primary N) is 1. The fourth-order valence-electron chi connectivity index (χ4n) is 4.45. The van der Waals surface area contributed by atoms with E-state index in [-0.39, 0.29) is 25.0 Å². The summed E-state index contributed by atoms with van der Waals surface area (Å²) < 4.78 is 48.3. The van der Waals surface area contributed by atoms with Crippen molar-refractivity contribution in [2.24, 2.45) is 5.73 Å². The molecule has 0 aromatic heterocycles. The van der Waals surface area contributed by atoms with E-state index in [1.54, 1.807) is 19.1 Å². The van der Waals surface area contributed by atoms with E-state index in [9.17, 15) is 18.0 Å². The molecule has 0 fully saturated rings. The van der Waals surface area contributed by atoms with Crippen LogP contribution in [0.1, 0.15) is 40.4 Å². The molecule has 1 heterocycles. The van der Waals surface area contributed by atoms with Crippen molar-refractivity contribution in [2.75, 3.05) is 44.4 Å². The van der Waals surface area contributed by atoms with Gasteiger partial charge in [0.1, 0.15) is 6.61 Å². The molecule has 10 heteroatoms. The van der Waals surface area contributed by atoms with Crippen molar-refractivity contribution in [1.82, 2.24) is 5.32 Å². The van der Waals surface area contributed by atoms with E-state index in [1.165, 1.54) is 6.07 Å². The SMILES string of the molecule is Cc1cccc(OCC(F)(F)F)c1OCCNC(C)Cc1cc2c(c(C(N)=O)c1)N(CCCO)CC2. The number of aliphatic hydroxyl groups excluding tert-OH is 1. The molecule has 3 rings (SSSR count). The minimum absolute atomic E-state index is 0.0529. The van der Waals surface area contributed by atoms with Crippen LogP contribution in [0.2, 0.25) is 0 Å². The standard InChI is InChI=1S/C26H34F3N3O4/c1-17-5-3-6-22(36-16-26(27,28)29)24(17)35-12-8-31-18(2)13-19-14-20-7-10-32(9-4-11-33)23(20)21(15-19)25(30)34/h3,5-6,14-15,18,31,33H,4,7-13,16H2,1-2H3,(H2,30,34). The number of hydrogen-bond donors (Lipinski definition) is 3. The van der Waals surface area contributed by atoms with Gasteiger partial charge in [0.05, 0.1) is 11.3 Å². The van der Waals surface area contributed by atoms with E-state index < -0.39 is 18.7 Å². The van der Waals surface area contributed by atoms with Crippen LogP contribution in [-0.4, -0.2) is 62.7 Å². The largest absolute Gasteiger partial charge is 0.488 e. The molecule has 2 aromatic rings. The summed E-state index contributed by atoms with van der Waals surface area (Å²) >= 11 is 0. The minimum atomic E-state index is -4.43. The Hall–Kier alpha value is -2.98. The Bertz CT molecular complexity index is 1050. The van der Waals surface area contributed by atoms with Crippen LogP contribution in [0.4, 0.5) is 18.9 Å². The number of carbonyl (C=O) groups is 1. The van der Waals surface area contributed by atoms with Gasteiger partial charge in [-0.25, -0.2) is 0 Å². The van der Waals surface area contributed by atoms with Crippen molar-refractivity contribution >= 4 is 11.6 Å². The molecule has 198 valence electrons. The van der Waals surface area contributed by atoms with Crippen molar-refractivity contribution < 1.29 is 32.5 Å². The molecule has 2 aromatic carbocycles. The molecule has 0 bridgehead atoms. The topological polar surface area (TPSA) is 97.1 Å². The first-order valence-corrected chi connectivity index (χ1v) is 12.1. The number of primary amides is 1. The van der Waals surface area contributed by atoms with Gasteiger partial charge in [0.15, 0.2) is 18.1 Å². The maximum absolute atomic E-state index is 12.5. The first kappa shape index (κ1) is 27.6. The number of ether oxygens (including phenoxy) is 2. The summed E-state index contributed by atoms with van der Waals surface area (Å²) in [7, 11) is 0. The normalized spacial score (nSPS) is 14.0. The number of nitrogens with zero attached hydrogens (tertiary/aromatic N) is 1. The van der Waals surface area contributed by atoms with E-state index >= 15 is 0 Å². The Labute approximate surface area is 209 Å². The smallest absolute Gasteiger partial charge is 0.422 e. The molecule has 7 nitrogen and oxygen atoms in total. The van der Waals surface area contributed by atoms with Gasteiger partial charge in [-0.3, -0.25) is 4.79 Å². The Balaban J connectivity index is 1.56. The van der Waals surface area contributed by atoms with Gasteiger partial charge in [-0.1, -0.05) is 18.2 Å². The Morgan fingerprint density at radius 2 is 2.06 bits per heavy atom. The molecule has 0 radical (unpaired) electrons. The predicted octanol–water partition coefficient (Wildman–Crippen LogP) is 3.38. The van der Waals surface area contributed by atoms with Gasteiger partial charge in [-0.05, 0) is 61.9 Å². The number of halogens is 3. The van der Waals surface area contributed by atoms with Crippen LogP contribution >= 0.6 is 0 Å². The molecular weight excluding hydrogens is 475 g/mol. The number of alkyl halides is 3. The second-order valence-electron chi connectivity index (χ2n) is 9.04. The van der Waals surface area contributed by atoms with Crippen molar-refractivity contribution in [3.63, 3.8) is 0 Å². The summed E-state index contributed by atoms with van der Waals surface area (Å²) in [5.74, 6) is -0.114. The third-order valence-corrected chi connectivity index (χ3v) is 6.02. The van der Waals surface area contributed by atoms with Crippen LogP contribution in [0.25, 0.3) is 0 Å². The number of benzene rings is 2. The van der Waals surface area contributed by atoms with E-state index in [2.05, 4.69) is 16.3 Å². The summed E-state index contributed by atoms with van der Waals surface area (Å²) in [4.78, 5) is 14.3. The highest BCUT2D eigenvalue weighted by Crippen LogP contribution is 2.34. The summed E-state index contributed by atoms with van der Waals surface area (Å²) in [6.07, 6.45) is -2.32. The third kappa shape index (κ3) is 7.51. The zero-order chi connectivity index (χ0) is 26.3. The molecule has 36 heavy (non-hydrogen) atoms. The van der Waals surface area contributed by atoms with E-state index in [0.717, 1.165) is 29.8 Å². The molecule has 0 spiro atoms. The molecule has 1 atom stereocenters. The molecule has 1 aliphatic heterocycles. The van der Waals surface area contributed by atoms with Crippen molar-refractivity contribution in [3.8, 4) is 11.5 Å². The number of rotatable bonds is 13. The van der Waals surface area contributed by atoms with E-state index in [1.807, 2.05) is 13.0 Å². The number of hydrogen-bond acceptors (Lipinski definition) is 6. The molecular formula is C26H34F3N3O4. The van der Waals surface area contributed by atoms with Crippen molar-refractivity contribution in [1.29, 1.82) is 0 Å². The van der Waals surface area contributed by atoms with Gasteiger partial charge < -0.3 is 30.5 Å². The second-order valence-corrected chi connectivity index (χ2v) is 9.04. The van der Waals surface area contributed by atoms with E-state index in [0.29, 0.717) is 42.8 Å². The Morgan fingerprint density at radius 1 is 1.28 bits per heavy atom. The molecule has 4 N–H and O–H groups in total. The highest BCUT2D eigenvalue weighted by Gasteiger charge is 2.29. The lowest BCUT2D eigenvalue weighted by molar-refractivity contribution is -0.153. The maximum atomic E-state index is 12.5. The summed E-state index contributed by atoms with van der Waals surface area (Å²) in [6.45, 7) is 4.65. The Morgan fingerprint density at radius 3 is 2.75 bits per heavy atom. The minimum Gasteiger partial charge on any atom is -0.488 e. The fraction of sp³-hybridized carbons (Fsp3) is 0.500. The number of aliphatic hydroxyl groups is 1. The average molecular weight is 510 g/mol. The monoisotopic (exact) mass is 509 g/mol. The molecule has 1 aliphatic rings. The first-order valence-electron chi connectivity index (χ1n) is 12.1. The maximum Gasteiger partial charge on any atom is 0.422 e. The number of anilines is 1. The zero-order valence-electron chi connectivity index (χ0n) is 20.7. The zero-order valence-corrected chi connectivity index (χ0v) is 20.7. The van der Waals surface area contributed by atoms with Gasteiger partial charge in [-0.2, -0.15) is 13.2 Å². The van der Waals surface area contributed by atoms with Crippen LogP contribution in [0.5, 0.6) is 11.5 Å². The van der Waals surface area contributed by atoms with Crippen LogP contribution in [-0.2, 0) is 12.8 Å². The number of aryl methyl sites for hydroxylation is 1. The van der Waals surface area contributed by atoms with Crippen LogP contribution < -0.4 is 25.4 Å². The summed E-state index contributed by atoms with van der Waals surface area (Å²) in [5, 5.41) is 12.5. The lowest BCUT2D eigenvalue weighted by Gasteiger charge is -2.22. The Kier molecular flexibility index (Phi) is 9.44. The average Bonchev–Trinajstić information content (AvgIpc) is 3.21. The highest BCUT2D eigenvalue weighted by molar-refractivity contribution is 6.00. The number of amides is 1. The molecule has 0 aliphatic carbocycles. The molecule has 0 saturated heterocycles. The number of nitrogens with one attached hydrogen (secondary N) is 1. The number of fused-ring (bicyclic) bond motifs is 1. The van der Waals surface area contributed by atoms with Crippen LogP contribution in [0, 0.1) is 6.92 Å². The lowest BCUT2D eigenvalue weighted by Crippen LogP contribution is -2.32. The fourth-order valence-corrected chi connectivity index (χ4v) is 4.45. The molecule has 0 saturated carbocycles. The number of carbonyl (C=O) groups excluding carboxylic acids is 1. The van der Waals surface area contributed by atoms with Crippen molar-refractivity contribution in [3.05, 3.63) is 52.6 Å². The molecule has 1 unspecified atom stereocenters. The van der Waals surface area contributed by atoms with Crippen LogP contribution in [0.3, 0.4) is 0 Å². The van der Waals surface area contributed by atoms with Gasteiger partial charge in [0.2, 0.25) is 0 Å². The van der Waals surface area contributed by atoms with E-state index in [4.69, 9.17) is 20.3 Å². The predicted molar refractivity (Wildman–Crippen MR) is 132 cm³/mol. The molecule has 1 amide bonds. The second kappa shape index (κ2) is 12.3. The first-order chi connectivity index (χ1) is 17.1. The quantitative estimate of drug-likeness (QED) is 0.358. The van der Waals surface area contributed by atoms with Gasteiger partial charge >= 0.3 is 6.18 Å². The van der Waals surface area contributed by atoms with Crippen molar-refractivity contribution in [2.45, 2.75) is 45.3 Å². The van der Waals surface area contributed by atoms with Crippen LogP contribution in [0.15, 0.2) is 30.3 Å². The summed E-state index contributed by atoms with van der Waals surface area (Å²) in [6, 6.07) is 8.83. The number of para-hydroxylation sites is 1. The highest BCUT2D eigenvalue weighted by atomic mass is 19.4. The third-order valence-electron chi connectivity index (χ3n) is 6.02. The lowest BCUT2D eigenvalue weighted by atomic mass is 9.98.